The highest BCUT2D eigenvalue weighted by Gasteiger charge is 2.29. The van der Waals surface area contributed by atoms with Crippen LogP contribution in [0.25, 0.3) is 11.2 Å². The van der Waals surface area contributed by atoms with Gasteiger partial charge in [-0.1, -0.05) is 0 Å². The Morgan fingerprint density at radius 3 is 2.89 bits per heavy atom. The number of ether oxygens (including phenoxy) is 1. The number of carbonyl (C=O) groups excluding carboxylic acids is 1. The summed E-state index contributed by atoms with van der Waals surface area (Å²) in [6.45, 7) is 8.02. The van der Waals surface area contributed by atoms with Crippen LogP contribution in [0.3, 0.4) is 0 Å². The first-order valence-corrected chi connectivity index (χ1v) is 9.43. The van der Waals surface area contributed by atoms with Gasteiger partial charge in [0.1, 0.15) is 0 Å². The molecule has 27 heavy (non-hydrogen) atoms. The van der Waals surface area contributed by atoms with E-state index in [9.17, 15) is 9.59 Å². The number of rotatable bonds is 4. The lowest BCUT2D eigenvalue weighted by molar-refractivity contribution is 0.159. The number of pyridine rings is 1. The van der Waals surface area contributed by atoms with Crippen molar-refractivity contribution in [1.29, 1.82) is 0 Å². The first-order valence-electron chi connectivity index (χ1n) is 9.43. The Kier molecular flexibility index (Phi) is 5.55. The van der Waals surface area contributed by atoms with Gasteiger partial charge in [0, 0.05) is 31.9 Å². The lowest BCUT2D eigenvalue weighted by atomic mass is 10.1. The number of likely N-dealkylation sites (tertiary alicyclic amines) is 1. The van der Waals surface area contributed by atoms with Crippen LogP contribution < -0.4 is 11.0 Å². The fraction of sp³-hybridized carbons (Fsp3) is 0.632. The van der Waals surface area contributed by atoms with E-state index in [1.807, 2.05) is 32.9 Å². The van der Waals surface area contributed by atoms with Crippen molar-refractivity contribution < 1.29 is 9.53 Å². The van der Waals surface area contributed by atoms with Crippen molar-refractivity contribution in [3.8, 4) is 0 Å². The number of imidazole rings is 1. The topological polar surface area (TPSA) is 81.4 Å². The molecule has 0 saturated carbocycles. The zero-order chi connectivity index (χ0) is 19.6. The summed E-state index contributed by atoms with van der Waals surface area (Å²) in [4.78, 5) is 31.9. The molecule has 0 unspecified atom stereocenters. The lowest BCUT2D eigenvalue weighted by Crippen LogP contribution is -2.52. The summed E-state index contributed by atoms with van der Waals surface area (Å²) in [7, 11) is 1.62. The average molecular weight is 375 g/mol. The molecule has 1 fully saturated rings. The van der Waals surface area contributed by atoms with Gasteiger partial charge in [-0.05, 0) is 45.7 Å². The number of urea groups is 1. The normalized spacial score (nSPS) is 18.1. The monoisotopic (exact) mass is 375 g/mol. The van der Waals surface area contributed by atoms with Gasteiger partial charge in [0.25, 0.3) is 0 Å². The van der Waals surface area contributed by atoms with Crippen LogP contribution in [-0.2, 0) is 11.3 Å². The molecule has 1 N–H and O–H groups in total. The maximum atomic E-state index is 13.1. The lowest BCUT2D eigenvalue weighted by Gasteiger charge is -2.35. The molecule has 8 nitrogen and oxygen atoms in total. The second-order valence-corrected chi connectivity index (χ2v) is 8.07. The third-order valence-electron chi connectivity index (χ3n) is 4.77. The van der Waals surface area contributed by atoms with Gasteiger partial charge in [-0.2, -0.15) is 0 Å². The number of nitrogens with zero attached hydrogens (tertiary/aromatic N) is 4. The van der Waals surface area contributed by atoms with Gasteiger partial charge in [0.15, 0.2) is 5.65 Å². The van der Waals surface area contributed by atoms with Gasteiger partial charge < -0.3 is 15.0 Å². The number of aromatic nitrogens is 3. The summed E-state index contributed by atoms with van der Waals surface area (Å²) in [5, 5.41) is 3.01. The summed E-state index contributed by atoms with van der Waals surface area (Å²) >= 11 is 0. The van der Waals surface area contributed by atoms with Crippen LogP contribution in [0.1, 0.15) is 39.7 Å². The van der Waals surface area contributed by atoms with Crippen LogP contribution in [0.4, 0.5) is 4.79 Å². The number of hydrogen-bond acceptors (Lipinski definition) is 4. The molecular formula is C19H29N5O3. The highest BCUT2D eigenvalue weighted by molar-refractivity contribution is 5.75. The molecule has 1 atom stereocenters. The van der Waals surface area contributed by atoms with Gasteiger partial charge >= 0.3 is 11.7 Å². The molecule has 0 bridgehead atoms. The number of fused-ring (bicyclic) bond motifs is 1. The van der Waals surface area contributed by atoms with Crippen LogP contribution >= 0.6 is 0 Å². The highest BCUT2D eigenvalue weighted by atomic mass is 16.5. The van der Waals surface area contributed by atoms with Crippen molar-refractivity contribution in [3.05, 3.63) is 28.8 Å². The summed E-state index contributed by atoms with van der Waals surface area (Å²) in [6.07, 6.45) is 3.40. The molecule has 3 rings (SSSR count). The summed E-state index contributed by atoms with van der Waals surface area (Å²) in [5.41, 5.74) is 1.08. The fourth-order valence-electron chi connectivity index (χ4n) is 3.59. The molecule has 1 saturated heterocycles. The van der Waals surface area contributed by atoms with E-state index in [1.54, 1.807) is 27.3 Å². The van der Waals surface area contributed by atoms with Crippen LogP contribution in [0.5, 0.6) is 0 Å². The van der Waals surface area contributed by atoms with Crippen molar-refractivity contribution in [2.45, 2.75) is 51.7 Å². The van der Waals surface area contributed by atoms with Gasteiger partial charge in [-0.15, -0.1) is 0 Å². The second-order valence-electron chi connectivity index (χ2n) is 8.07. The van der Waals surface area contributed by atoms with E-state index in [0.717, 1.165) is 18.4 Å². The summed E-state index contributed by atoms with van der Waals surface area (Å²) in [6, 6.07) is 3.57. The number of hydrogen-bond donors (Lipinski definition) is 1. The second kappa shape index (κ2) is 7.72. The minimum absolute atomic E-state index is 0.0850. The highest BCUT2D eigenvalue weighted by Crippen LogP contribution is 2.24. The third-order valence-corrected chi connectivity index (χ3v) is 4.77. The van der Waals surface area contributed by atoms with Crippen molar-refractivity contribution in [2.24, 2.45) is 0 Å². The van der Waals surface area contributed by atoms with E-state index in [1.165, 1.54) is 0 Å². The zero-order valence-electron chi connectivity index (χ0n) is 16.6. The van der Waals surface area contributed by atoms with E-state index in [-0.39, 0.29) is 23.3 Å². The Labute approximate surface area is 159 Å². The van der Waals surface area contributed by atoms with Gasteiger partial charge in [0.05, 0.1) is 24.7 Å². The Bertz CT molecular complexity index is 864. The predicted octanol–water partition coefficient (Wildman–Crippen LogP) is 1.99. The summed E-state index contributed by atoms with van der Waals surface area (Å²) < 4.78 is 8.61. The Balaban J connectivity index is 1.92. The molecule has 1 aliphatic rings. The molecule has 0 aromatic carbocycles. The number of amides is 2. The average Bonchev–Trinajstić information content (AvgIpc) is 2.90. The summed E-state index contributed by atoms with van der Waals surface area (Å²) in [5.74, 6) is 0. The molecule has 2 aromatic heterocycles. The molecule has 2 amide bonds. The number of carbonyl (C=O) groups is 1. The molecule has 8 heteroatoms. The maximum absolute atomic E-state index is 13.1. The van der Waals surface area contributed by atoms with Crippen LogP contribution in [-0.4, -0.2) is 57.4 Å². The van der Waals surface area contributed by atoms with Crippen LogP contribution in [0.2, 0.25) is 0 Å². The first kappa shape index (κ1) is 19.4. The van der Waals surface area contributed by atoms with Crippen molar-refractivity contribution in [1.82, 2.24) is 24.3 Å². The third kappa shape index (κ3) is 4.16. The number of methoxy groups -OCH3 is 1. The standard InChI is InChI=1S/C19H29N5O3/c1-19(2,3)21-17(25)22-10-6-7-14(13-22)24-16-15(8-5-9-20-16)23(18(24)26)11-12-27-4/h5,8-9,14H,6-7,10-13H2,1-4H3,(H,21,25)/t14-/m0/s1. The quantitative estimate of drug-likeness (QED) is 0.886. The Hall–Kier alpha value is -2.35. The van der Waals surface area contributed by atoms with Crippen molar-refractivity contribution >= 4 is 17.2 Å². The van der Waals surface area contributed by atoms with E-state index >= 15 is 0 Å². The fourth-order valence-corrected chi connectivity index (χ4v) is 3.59. The molecule has 1 aliphatic heterocycles. The molecule has 0 radical (unpaired) electrons. The SMILES string of the molecule is COCCn1c(=O)n([C@H]2CCCN(C(=O)NC(C)(C)C)C2)c2ncccc21. The molecule has 148 valence electrons. The Morgan fingerprint density at radius 2 is 2.19 bits per heavy atom. The van der Waals surface area contributed by atoms with E-state index in [4.69, 9.17) is 4.74 Å². The maximum Gasteiger partial charge on any atom is 0.330 e. The minimum Gasteiger partial charge on any atom is -0.383 e. The first-order chi connectivity index (χ1) is 12.8. The van der Waals surface area contributed by atoms with Gasteiger partial charge in [-0.25, -0.2) is 14.6 Å². The van der Waals surface area contributed by atoms with Crippen molar-refractivity contribution in [2.75, 3.05) is 26.8 Å². The predicted molar refractivity (Wildman–Crippen MR) is 104 cm³/mol. The van der Waals surface area contributed by atoms with E-state index in [0.29, 0.717) is 31.9 Å². The van der Waals surface area contributed by atoms with Gasteiger partial charge in [0.2, 0.25) is 0 Å². The molecule has 0 aliphatic carbocycles. The van der Waals surface area contributed by atoms with Crippen LogP contribution in [0.15, 0.2) is 23.1 Å². The van der Waals surface area contributed by atoms with E-state index < -0.39 is 0 Å². The molecule has 0 spiro atoms. The molecular weight excluding hydrogens is 346 g/mol. The van der Waals surface area contributed by atoms with E-state index in [2.05, 4.69) is 10.3 Å². The largest absolute Gasteiger partial charge is 0.383 e. The van der Waals surface area contributed by atoms with Crippen molar-refractivity contribution in [3.63, 3.8) is 0 Å². The molecule has 2 aromatic rings. The smallest absolute Gasteiger partial charge is 0.330 e. The minimum atomic E-state index is -0.293. The van der Waals surface area contributed by atoms with Crippen LogP contribution in [0, 0.1) is 0 Å². The molecule has 3 heterocycles. The van der Waals surface area contributed by atoms with Gasteiger partial charge in [-0.3, -0.25) is 9.13 Å². The number of nitrogens with one attached hydrogen (secondary N) is 1. The Morgan fingerprint density at radius 1 is 1.41 bits per heavy atom. The zero-order valence-corrected chi connectivity index (χ0v) is 16.6. The number of piperidine rings is 1.